The van der Waals surface area contributed by atoms with Crippen LogP contribution in [-0.2, 0) is 0 Å². The normalized spacial score (nSPS) is 9.73. The average molecular weight is 211 g/mol. The molecule has 0 saturated carbocycles. The highest BCUT2D eigenvalue weighted by Crippen LogP contribution is 2.25. The minimum absolute atomic E-state index is 0.159. The molecule has 1 rings (SSSR count). The van der Waals surface area contributed by atoms with Gasteiger partial charge in [-0.05, 0) is 19.1 Å². The highest BCUT2D eigenvalue weighted by Gasteiger charge is 2.25. The van der Waals surface area contributed by atoms with Gasteiger partial charge in [-0.2, -0.15) is 4.39 Å². The Labute approximate surface area is 83.7 Å². The summed E-state index contributed by atoms with van der Waals surface area (Å²) in [4.78, 5) is 30.8. The quantitative estimate of drug-likeness (QED) is 0.330. The van der Waals surface area contributed by atoms with Crippen molar-refractivity contribution in [2.24, 2.45) is 0 Å². The van der Waals surface area contributed by atoms with Gasteiger partial charge >= 0.3 is 5.69 Å². The van der Waals surface area contributed by atoms with E-state index in [1.165, 1.54) is 0 Å². The molecule has 1 aromatic rings. The second-order valence-electron chi connectivity index (χ2n) is 2.80. The van der Waals surface area contributed by atoms with E-state index in [0.29, 0.717) is 0 Å². The van der Waals surface area contributed by atoms with Crippen LogP contribution in [0.3, 0.4) is 0 Å². The van der Waals surface area contributed by atoms with Gasteiger partial charge in [0, 0.05) is 0 Å². The molecule has 1 aromatic carbocycles. The van der Waals surface area contributed by atoms with Crippen molar-refractivity contribution < 1.29 is 18.9 Å². The van der Waals surface area contributed by atoms with Gasteiger partial charge in [-0.1, -0.05) is 0 Å². The van der Waals surface area contributed by atoms with Gasteiger partial charge in [0.15, 0.2) is 12.1 Å². The van der Waals surface area contributed by atoms with Crippen LogP contribution < -0.4 is 0 Å². The molecule has 6 heteroatoms. The van der Waals surface area contributed by atoms with Gasteiger partial charge in [-0.15, -0.1) is 0 Å². The van der Waals surface area contributed by atoms with Crippen molar-refractivity contribution in [2.45, 2.75) is 6.92 Å². The second kappa shape index (κ2) is 3.95. The Hall–Kier alpha value is -2.11. The highest BCUT2D eigenvalue weighted by atomic mass is 19.1. The first kappa shape index (κ1) is 11.0. The summed E-state index contributed by atoms with van der Waals surface area (Å²) < 4.78 is 13.3. The van der Waals surface area contributed by atoms with Crippen LogP contribution in [0.1, 0.15) is 27.6 Å². The topological polar surface area (TPSA) is 77.3 Å². The summed E-state index contributed by atoms with van der Waals surface area (Å²) in [5.41, 5.74) is -1.73. The molecule has 0 heterocycles. The molecule has 0 aliphatic heterocycles. The van der Waals surface area contributed by atoms with Crippen LogP contribution in [0.2, 0.25) is 0 Å². The maximum atomic E-state index is 13.3. The fourth-order valence-electron chi connectivity index (χ4n) is 1.13. The Balaban J connectivity index is 3.58. The smallest absolute Gasteiger partial charge is 0.298 e. The van der Waals surface area contributed by atoms with E-state index in [4.69, 9.17) is 0 Å². The summed E-state index contributed by atoms with van der Waals surface area (Å²) in [6.07, 6.45) is 0.159. The molecule has 0 aliphatic carbocycles. The molecule has 0 radical (unpaired) electrons. The SMILES string of the molecule is CC(=O)c1ccc(C=O)c(F)c1[N+](=O)[O-]. The predicted molar refractivity (Wildman–Crippen MR) is 48.4 cm³/mol. The van der Waals surface area contributed by atoms with Crippen LogP contribution in [0.4, 0.5) is 10.1 Å². The molecule has 0 atom stereocenters. The summed E-state index contributed by atoms with van der Waals surface area (Å²) in [5.74, 6) is -1.90. The predicted octanol–water partition coefficient (Wildman–Crippen LogP) is 1.75. The summed E-state index contributed by atoms with van der Waals surface area (Å²) in [5, 5.41) is 10.5. The molecule has 0 spiro atoms. The number of carbonyl (C=O) groups excluding carboxylic acids is 2. The van der Waals surface area contributed by atoms with Gasteiger partial charge in [-0.3, -0.25) is 19.7 Å². The Bertz CT molecular complexity index is 456. The number of aldehydes is 1. The third-order valence-corrected chi connectivity index (χ3v) is 1.83. The number of nitro benzene ring substituents is 1. The van der Waals surface area contributed by atoms with Crippen molar-refractivity contribution in [3.05, 3.63) is 39.2 Å². The molecule has 0 saturated heterocycles. The zero-order valence-corrected chi connectivity index (χ0v) is 7.69. The molecule has 0 unspecified atom stereocenters. The molecule has 0 N–H and O–H groups in total. The molecule has 0 aliphatic rings. The third kappa shape index (κ3) is 1.88. The van der Waals surface area contributed by atoms with Crippen LogP contribution in [0, 0.1) is 15.9 Å². The first-order valence-corrected chi connectivity index (χ1v) is 3.92. The number of Topliss-reactive ketones (excluding diaryl/α,β-unsaturated/α-hetero) is 1. The van der Waals surface area contributed by atoms with Crippen molar-refractivity contribution in [1.82, 2.24) is 0 Å². The Morgan fingerprint density at radius 3 is 2.53 bits per heavy atom. The van der Waals surface area contributed by atoms with E-state index in [1.807, 2.05) is 0 Å². The lowest BCUT2D eigenvalue weighted by Gasteiger charge is -2.01. The summed E-state index contributed by atoms with van der Waals surface area (Å²) in [6.45, 7) is 1.09. The lowest BCUT2D eigenvalue weighted by Crippen LogP contribution is -2.05. The van der Waals surface area contributed by atoms with Gasteiger partial charge in [0.1, 0.15) is 0 Å². The molecule has 78 valence electrons. The van der Waals surface area contributed by atoms with Crippen molar-refractivity contribution >= 4 is 17.8 Å². The molecular weight excluding hydrogens is 205 g/mol. The van der Waals surface area contributed by atoms with E-state index in [1.54, 1.807) is 0 Å². The molecule has 15 heavy (non-hydrogen) atoms. The number of benzene rings is 1. The zero-order chi connectivity index (χ0) is 11.6. The standard InChI is InChI=1S/C9H6FNO4/c1-5(13)7-3-2-6(4-12)8(10)9(7)11(14)15/h2-4H,1H3. The summed E-state index contributed by atoms with van der Waals surface area (Å²) >= 11 is 0. The minimum Gasteiger partial charge on any atom is -0.298 e. The number of hydrogen-bond donors (Lipinski definition) is 0. The van der Waals surface area contributed by atoms with Gasteiger partial charge < -0.3 is 0 Å². The average Bonchev–Trinajstić information content (AvgIpc) is 2.16. The lowest BCUT2D eigenvalue weighted by atomic mass is 10.1. The van der Waals surface area contributed by atoms with Crippen molar-refractivity contribution in [3.63, 3.8) is 0 Å². The number of nitro groups is 1. The fraction of sp³-hybridized carbons (Fsp3) is 0.111. The van der Waals surface area contributed by atoms with E-state index >= 15 is 0 Å². The van der Waals surface area contributed by atoms with Crippen molar-refractivity contribution in [2.75, 3.05) is 0 Å². The molecular formula is C9H6FNO4. The molecule has 0 fully saturated rings. The van der Waals surface area contributed by atoms with Gasteiger partial charge in [0.25, 0.3) is 0 Å². The van der Waals surface area contributed by atoms with E-state index < -0.39 is 27.8 Å². The fourth-order valence-corrected chi connectivity index (χ4v) is 1.13. The summed E-state index contributed by atoms with van der Waals surface area (Å²) in [7, 11) is 0. The van der Waals surface area contributed by atoms with Crippen LogP contribution in [0.25, 0.3) is 0 Å². The largest absolute Gasteiger partial charge is 0.316 e. The molecule has 0 aromatic heterocycles. The highest BCUT2D eigenvalue weighted by molar-refractivity contribution is 5.99. The van der Waals surface area contributed by atoms with Crippen molar-refractivity contribution in [3.8, 4) is 0 Å². The number of hydrogen-bond acceptors (Lipinski definition) is 4. The number of rotatable bonds is 3. The third-order valence-electron chi connectivity index (χ3n) is 1.83. The maximum Gasteiger partial charge on any atom is 0.316 e. The first-order valence-electron chi connectivity index (χ1n) is 3.92. The first-order chi connectivity index (χ1) is 6.99. The van der Waals surface area contributed by atoms with Crippen LogP contribution in [0.15, 0.2) is 12.1 Å². The van der Waals surface area contributed by atoms with Crippen molar-refractivity contribution in [1.29, 1.82) is 0 Å². The monoisotopic (exact) mass is 211 g/mol. The van der Waals surface area contributed by atoms with E-state index in [0.717, 1.165) is 19.1 Å². The number of halogens is 1. The minimum atomic E-state index is -1.28. The van der Waals surface area contributed by atoms with Crippen LogP contribution in [0.5, 0.6) is 0 Å². The van der Waals surface area contributed by atoms with Crippen LogP contribution in [-0.4, -0.2) is 17.0 Å². The van der Waals surface area contributed by atoms with E-state index in [9.17, 15) is 24.1 Å². The zero-order valence-electron chi connectivity index (χ0n) is 7.69. The molecule has 0 amide bonds. The summed E-state index contributed by atoms with van der Waals surface area (Å²) in [6, 6.07) is 2.10. The van der Waals surface area contributed by atoms with Gasteiger partial charge in [-0.25, -0.2) is 0 Å². The number of ketones is 1. The van der Waals surface area contributed by atoms with E-state index in [-0.39, 0.29) is 11.8 Å². The Morgan fingerprint density at radius 1 is 1.53 bits per heavy atom. The van der Waals surface area contributed by atoms with Gasteiger partial charge in [0.2, 0.25) is 5.82 Å². The number of carbonyl (C=O) groups is 2. The lowest BCUT2D eigenvalue weighted by molar-refractivity contribution is -0.387. The maximum absolute atomic E-state index is 13.3. The molecule has 5 nitrogen and oxygen atoms in total. The van der Waals surface area contributed by atoms with Crippen LogP contribution >= 0.6 is 0 Å². The number of nitrogens with zero attached hydrogens (tertiary/aromatic N) is 1. The van der Waals surface area contributed by atoms with E-state index in [2.05, 4.69) is 0 Å². The molecule has 0 bridgehead atoms. The Morgan fingerprint density at radius 2 is 2.13 bits per heavy atom. The second-order valence-corrected chi connectivity index (χ2v) is 2.80. The Kier molecular flexibility index (Phi) is 2.89. The van der Waals surface area contributed by atoms with Gasteiger partial charge in [0.05, 0.1) is 16.1 Å².